The maximum atomic E-state index is 11.9. The number of ether oxygens (including phenoxy) is 2. The van der Waals surface area contributed by atoms with Crippen LogP contribution in [0.2, 0.25) is 0 Å². The second-order valence-corrected chi connectivity index (χ2v) is 4.94. The molecule has 0 spiro atoms. The molecule has 0 aromatic carbocycles. The summed E-state index contributed by atoms with van der Waals surface area (Å²) in [6, 6.07) is -0.176. The van der Waals surface area contributed by atoms with E-state index in [0.29, 0.717) is 19.8 Å². The molecule has 2 aliphatic rings. The number of hydrogen-bond acceptors (Lipinski definition) is 5. The average molecular weight is 257 g/mol. The largest absolute Gasteiger partial charge is 0.379 e. The van der Waals surface area contributed by atoms with Crippen LogP contribution in [0, 0.1) is 5.92 Å². The van der Waals surface area contributed by atoms with Crippen LogP contribution in [0.25, 0.3) is 0 Å². The van der Waals surface area contributed by atoms with Gasteiger partial charge in [0.15, 0.2) is 0 Å². The van der Waals surface area contributed by atoms with E-state index in [0.717, 1.165) is 26.2 Å². The lowest BCUT2D eigenvalue weighted by Gasteiger charge is -2.32. The van der Waals surface area contributed by atoms with Gasteiger partial charge >= 0.3 is 0 Å². The molecule has 0 aromatic rings. The number of likely N-dealkylation sites (N-methyl/N-ethyl adjacent to an activating group) is 1. The van der Waals surface area contributed by atoms with Gasteiger partial charge in [-0.1, -0.05) is 6.92 Å². The number of rotatable bonds is 4. The smallest absolute Gasteiger partial charge is 0.227 e. The van der Waals surface area contributed by atoms with E-state index >= 15 is 0 Å². The fourth-order valence-corrected chi connectivity index (χ4v) is 2.38. The summed E-state index contributed by atoms with van der Waals surface area (Å²) in [6.45, 7) is 7.21. The Balaban J connectivity index is 1.72. The fraction of sp³-hybridized carbons (Fsp3) is 0.917. The number of carbonyl (C=O) groups is 1. The molecule has 3 N–H and O–H groups in total. The van der Waals surface area contributed by atoms with Gasteiger partial charge in [0.05, 0.1) is 31.8 Å². The van der Waals surface area contributed by atoms with E-state index in [1.807, 2.05) is 0 Å². The molecular formula is C12H23N3O3. The molecule has 6 heteroatoms. The highest BCUT2D eigenvalue weighted by Crippen LogP contribution is 2.11. The van der Waals surface area contributed by atoms with Crippen molar-refractivity contribution in [2.24, 2.45) is 11.7 Å². The summed E-state index contributed by atoms with van der Waals surface area (Å²) in [5.74, 6) is -0.229. The summed E-state index contributed by atoms with van der Waals surface area (Å²) >= 11 is 0. The normalized spacial score (nSPS) is 33.6. The lowest BCUT2D eigenvalue weighted by molar-refractivity contribution is -0.126. The molecule has 0 bridgehead atoms. The molecule has 2 fully saturated rings. The number of amides is 1. The van der Waals surface area contributed by atoms with Gasteiger partial charge in [0.1, 0.15) is 0 Å². The Morgan fingerprint density at radius 1 is 1.50 bits per heavy atom. The van der Waals surface area contributed by atoms with Gasteiger partial charge in [0.2, 0.25) is 5.91 Å². The lowest BCUT2D eigenvalue weighted by Crippen LogP contribution is -2.49. The van der Waals surface area contributed by atoms with Crippen molar-refractivity contribution in [2.75, 3.05) is 46.0 Å². The van der Waals surface area contributed by atoms with Crippen LogP contribution in [0.4, 0.5) is 0 Å². The van der Waals surface area contributed by atoms with Gasteiger partial charge in [-0.2, -0.15) is 0 Å². The summed E-state index contributed by atoms with van der Waals surface area (Å²) in [7, 11) is 0. The first-order valence-corrected chi connectivity index (χ1v) is 6.65. The first-order chi connectivity index (χ1) is 8.70. The highest BCUT2D eigenvalue weighted by molar-refractivity contribution is 5.79. The molecule has 3 unspecified atom stereocenters. The molecule has 0 aromatic heterocycles. The molecule has 0 radical (unpaired) electrons. The quantitative estimate of drug-likeness (QED) is 0.661. The fourth-order valence-electron chi connectivity index (χ4n) is 2.38. The third kappa shape index (κ3) is 3.41. The van der Waals surface area contributed by atoms with Gasteiger partial charge in [-0.05, 0) is 6.54 Å². The van der Waals surface area contributed by atoms with Crippen molar-refractivity contribution in [1.29, 1.82) is 0 Å². The van der Waals surface area contributed by atoms with E-state index in [1.165, 1.54) is 0 Å². The van der Waals surface area contributed by atoms with Gasteiger partial charge in [0, 0.05) is 25.7 Å². The molecule has 2 rings (SSSR count). The molecule has 6 nitrogen and oxygen atoms in total. The number of nitrogens with zero attached hydrogens (tertiary/aromatic N) is 1. The maximum absolute atomic E-state index is 11.9. The summed E-state index contributed by atoms with van der Waals surface area (Å²) in [5.41, 5.74) is 5.81. The van der Waals surface area contributed by atoms with Gasteiger partial charge in [-0.15, -0.1) is 0 Å². The Bertz CT molecular complexity index is 288. The predicted octanol–water partition coefficient (Wildman–Crippen LogP) is -1.20. The molecule has 2 saturated heterocycles. The first kappa shape index (κ1) is 13.7. The van der Waals surface area contributed by atoms with Crippen molar-refractivity contribution in [3.05, 3.63) is 0 Å². The molecule has 0 aliphatic carbocycles. The second-order valence-electron chi connectivity index (χ2n) is 4.94. The summed E-state index contributed by atoms with van der Waals surface area (Å²) in [4.78, 5) is 14.2. The van der Waals surface area contributed by atoms with E-state index in [-0.39, 0.29) is 24.0 Å². The summed E-state index contributed by atoms with van der Waals surface area (Å²) < 4.78 is 10.8. The van der Waals surface area contributed by atoms with Crippen molar-refractivity contribution in [1.82, 2.24) is 10.2 Å². The highest BCUT2D eigenvalue weighted by atomic mass is 16.5. The number of nitrogens with one attached hydrogen (secondary N) is 1. The van der Waals surface area contributed by atoms with E-state index in [2.05, 4.69) is 17.1 Å². The van der Waals surface area contributed by atoms with Gasteiger partial charge in [-0.3, -0.25) is 9.69 Å². The van der Waals surface area contributed by atoms with Crippen molar-refractivity contribution in [2.45, 2.75) is 19.1 Å². The topological polar surface area (TPSA) is 76.8 Å². The Kier molecular flexibility index (Phi) is 4.94. The highest BCUT2D eigenvalue weighted by Gasteiger charge is 2.31. The zero-order valence-electron chi connectivity index (χ0n) is 10.9. The Hall–Kier alpha value is -0.690. The van der Waals surface area contributed by atoms with Crippen molar-refractivity contribution >= 4 is 5.91 Å². The molecule has 1 amide bonds. The molecular weight excluding hydrogens is 234 g/mol. The third-order valence-corrected chi connectivity index (χ3v) is 3.64. The van der Waals surface area contributed by atoms with Gasteiger partial charge < -0.3 is 20.5 Å². The van der Waals surface area contributed by atoms with E-state index in [1.54, 1.807) is 0 Å². The maximum Gasteiger partial charge on any atom is 0.227 e. The molecule has 2 aliphatic heterocycles. The number of hydrogen-bond donors (Lipinski definition) is 2. The summed E-state index contributed by atoms with van der Waals surface area (Å²) in [5, 5.41) is 2.92. The van der Waals surface area contributed by atoms with Crippen LogP contribution in [0.15, 0.2) is 0 Å². The Morgan fingerprint density at radius 3 is 3.00 bits per heavy atom. The van der Waals surface area contributed by atoms with E-state index in [9.17, 15) is 4.79 Å². The zero-order valence-corrected chi connectivity index (χ0v) is 10.9. The zero-order chi connectivity index (χ0) is 13.0. The third-order valence-electron chi connectivity index (χ3n) is 3.64. The Labute approximate surface area is 108 Å². The minimum absolute atomic E-state index is 0.0165. The summed E-state index contributed by atoms with van der Waals surface area (Å²) in [6.07, 6.45) is 0.0844. The molecule has 104 valence electrons. The molecule has 2 heterocycles. The minimum atomic E-state index is -0.212. The van der Waals surface area contributed by atoms with Gasteiger partial charge in [-0.25, -0.2) is 0 Å². The minimum Gasteiger partial charge on any atom is -0.379 e. The lowest BCUT2D eigenvalue weighted by atomic mass is 10.0. The monoisotopic (exact) mass is 257 g/mol. The van der Waals surface area contributed by atoms with Gasteiger partial charge in [0.25, 0.3) is 0 Å². The number of carbonyl (C=O) groups excluding carboxylic acids is 1. The van der Waals surface area contributed by atoms with Crippen LogP contribution >= 0.6 is 0 Å². The van der Waals surface area contributed by atoms with Crippen molar-refractivity contribution < 1.29 is 14.3 Å². The number of morpholine rings is 1. The van der Waals surface area contributed by atoms with Crippen LogP contribution in [-0.2, 0) is 14.3 Å². The first-order valence-electron chi connectivity index (χ1n) is 6.65. The van der Waals surface area contributed by atoms with E-state index in [4.69, 9.17) is 15.2 Å². The van der Waals surface area contributed by atoms with Crippen LogP contribution < -0.4 is 11.1 Å². The Morgan fingerprint density at radius 2 is 2.33 bits per heavy atom. The molecule has 18 heavy (non-hydrogen) atoms. The average Bonchev–Trinajstić information content (AvgIpc) is 2.82. The van der Waals surface area contributed by atoms with E-state index < -0.39 is 0 Å². The van der Waals surface area contributed by atoms with Crippen molar-refractivity contribution in [3.63, 3.8) is 0 Å². The predicted molar refractivity (Wildman–Crippen MR) is 67.1 cm³/mol. The standard InChI is InChI=1S/C12H23N3O3/c1-2-15-3-4-18-9(6-15)5-14-12(16)10-7-17-8-11(10)13/h9-11H,2-8,13H2,1H3,(H,14,16). The van der Waals surface area contributed by atoms with Crippen LogP contribution in [0.3, 0.4) is 0 Å². The molecule has 3 atom stereocenters. The van der Waals surface area contributed by atoms with Crippen LogP contribution in [0.5, 0.6) is 0 Å². The van der Waals surface area contributed by atoms with Crippen LogP contribution in [0.1, 0.15) is 6.92 Å². The molecule has 0 saturated carbocycles. The SMILES string of the molecule is CCN1CCOC(CNC(=O)C2COCC2N)C1. The number of nitrogens with two attached hydrogens (primary N) is 1. The van der Waals surface area contributed by atoms with Crippen molar-refractivity contribution in [3.8, 4) is 0 Å². The van der Waals surface area contributed by atoms with Crippen LogP contribution in [-0.4, -0.2) is 69.0 Å². The second kappa shape index (κ2) is 6.47.